The molecule has 2 unspecified atom stereocenters. The van der Waals surface area contributed by atoms with E-state index in [1.54, 1.807) is 53.4 Å². The molecule has 0 aliphatic carbocycles. The lowest BCUT2D eigenvalue weighted by Crippen LogP contribution is -2.78. The third-order valence-corrected chi connectivity index (χ3v) is 9.15. The number of carbonyl (C=O) groups excluding carboxylic acids is 4. The molecular weight excluding hydrogens is 584 g/mol. The largest absolute Gasteiger partial charge is 0.370 e. The molecule has 8 N–H and O–H groups in total. The number of nitrogens with zero attached hydrogens (tertiary/aromatic N) is 6. The van der Waals surface area contributed by atoms with Crippen molar-refractivity contribution in [3.05, 3.63) is 65.7 Å². The van der Waals surface area contributed by atoms with Crippen molar-refractivity contribution in [2.45, 2.75) is 36.0 Å². The van der Waals surface area contributed by atoms with E-state index in [1.165, 1.54) is 15.9 Å². The van der Waals surface area contributed by atoms with Gasteiger partial charge in [0.05, 0.1) is 23.7 Å². The molecule has 3 fully saturated rings. The lowest BCUT2D eigenvalue weighted by Gasteiger charge is -2.49. The first kappa shape index (κ1) is 28.5. The van der Waals surface area contributed by atoms with Crippen molar-refractivity contribution in [2.75, 3.05) is 37.6 Å². The molecule has 16 heteroatoms. The number of likely N-dealkylation sites (tertiary alicyclic amines) is 1. The van der Waals surface area contributed by atoms with Crippen LogP contribution < -0.4 is 27.0 Å². The number of urea groups is 1. The van der Waals surface area contributed by atoms with E-state index >= 15 is 0 Å². The molecule has 5 aliphatic rings. The number of guanidine groups is 2. The molecule has 4 atom stereocenters. The molecule has 0 aromatic heterocycles. The summed E-state index contributed by atoms with van der Waals surface area (Å²) >= 11 is 0. The van der Waals surface area contributed by atoms with Crippen LogP contribution in [0.15, 0.2) is 64.6 Å². The quantitative estimate of drug-likeness (QED) is 0.151. The predicted octanol–water partition coefficient (Wildman–Crippen LogP) is -2.22. The number of rotatable bonds is 6. The molecule has 2 aromatic carbocycles. The Hall–Kier alpha value is -5.22. The van der Waals surface area contributed by atoms with Crippen LogP contribution in [0.4, 0.5) is 10.5 Å². The second-order valence-electron chi connectivity index (χ2n) is 11.7. The van der Waals surface area contributed by atoms with Crippen LogP contribution in [-0.2, 0) is 4.79 Å². The number of hydrogen-bond acceptors (Lipinski definition) is 12. The molecule has 5 amide bonds. The van der Waals surface area contributed by atoms with Crippen molar-refractivity contribution >= 4 is 41.4 Å². The van der Waals surface area contributed by atoms with Gasteiger partial charge in [-0.15, -0.1) is 0 Å². The van der Waals surface area contributed by atoms with Crippen LogP contribution >= 0.6 is 0 Å². The van der Waals surface area contributed by atoms with Gasteiger partial charge in [-0.25, -0.2) is 14.8 Å². The normalized spacial score (nSPS) is 28.2. The second kappa shape index (κ2) is 10.2. The van der Waals surface area contributed by atoms with E-state index in [9.17, 15) is 29.4 Å². The zero-order valence-corrected chi connectivity index (χ0v) is 24.0. The highest BCUT2D eigenvalue weighted by Crippen LogP contribution is 2.45. The highest BCUT2D eigenvalue weighted by atomic mass is 16.5. The minimum Gasteiger partial charge on any atom is -0.370 e. The average molecular weight is 617 g/mol. The Bertz CT molecular complexity index is 1660. The smallest absolute Gasteiger partial charge is 0.331 e. The topological polar surface area (TPSA) is 223 Å². The minimum atomic E-state index is -2.75. The van der Waals surface area contributed by atoms with E-state index in [2.05, 4.69) is 20.6 Å². The Morgan fingerprint density at radius 2 is 1.69 bits per heavy atom. The number of amides is 5. The SMILES string of the molecule is NC1=N[C@H]2[C@H](CN3C(=O)CN(c4ccccc4)C3=O)N=C(N)N3CC(NC(=O)c4ccccc4C(=O)N4CCC4)C(O)(O)C23N1. The van der Waals surface area contributed by atoms with Gasteiger partial charge in [-0.1, -0.05) is 30.3 Å². The second-order valence-corrected chi connectivity index (χ2v) is 11.7. The van der Waals surface area contributed by atoms with Crippen LogP contribution in [0.2, 0.25) is 0 Å². The van der Waals surface area contributed by atoms with Crippen molar-refractivity contribution in [2.24, 2.45) is 21.5 Å². The van der Waals surface area contributed by atoms with Gasteiger partial charge in [-0.05, 0) is 30.7 Å². The third kappa shape index (κ3) is 4.20. The van der Waals surface area contributed by atoms with Gasteiger partial charge >= 0.3 is 6.03 Å². The monoisotopic (exact) mass is 616 g/mol. The van der Waals surface area contributed by atoms with Crippen LogP contribution in [0.1, 0.15) is 27.1 Å². The van der Waals surface area contributed by atoms with Crippen LogP contribution in [0, 0.1) is 0 Å². The van der Waals surface area contributed by atoms with Gasteiger partial charge in [0.25, 0.3) is 17.7 Å². The van der Waals surface area contributed by atoms with E-state index in [0.29, 0.717) is 18.8 Å². The molecule has 3 saturated heterocycles. The molecule has 7 rings (SSSR count). The number of carbonyl (C=O) groups is 4. The third-order valence-electron chi connectivity index (χ3n) is 9.15. The number of nitrogens with two attached hydrogens (primary N) is 2. The number of hydrogen-bond donors (Lipinski definition) is 6. The average Bonchev–Trinajstić information content (AvgIpc) is 3.57. The minimum absolute atomic E-state index is 0.0767. The molecular formula is C29H32N10O6. The van der Waals surface area contributed by atoms with Gasteiger partial charge in [0.2, 0.25) is 5.79 Å². The summed E-state index contributed by atoms with van der Waals surface area (Å²) < 4.78 is 0. The van der Waals surface area contributed by atoms with Crippen LogP contribution in [0.3, 0.4) is 0 Å². The predicted molar refractivity (Wildman–Crippen MR) is 160 cm³/mol. The van der Waals surface area contributed by atoms with Crippen molar-refractivity contribution in [3.63, 3.8) is 0 Å². The fraction of sp³-hybridized carbons (Fsp3) is 0.379. The Morgan fingerprint density at radius 3 is 2.38 bits per heavy atom. The highest BCUT2D eigenvalue weighted by Gasteiger charge is 2.73. The number of benzene rings is 2. The molecule has 234 valence electrons. The number of aliphatic imine (C=N–C) groups is 2. The Kier molecular flexibility index (Phi) is 6.45. The van der Waals surface area contributed by atoms with Crippen LogP contribution in [-0.4, -0.2) is 123 Å². The number of para-hydroxylation sites is 1. The Morgan fingerprint density at radius 1 is 1.00 bits per heavy atom. The van der Waals surface area contributed by atoms with E-state index in [4.69, 9.17) is 11.5 Å². The van der Waals surface area contributed by atoms with Gasteiger partial charge in [-0.3, -0.25) is 24.2 Å². The summed E-state index contributed by atoms with van der Waals surface area (Å²) in [5, 5.41) is 29.1. The molecule has 5 heterocycles. The fourth-order valence-electron chi connectivity index (χ4n) is 6.75. The lowest BCUT2D eigenvalue weighted by molar-refractivity contribution is -0.230. The summed E-state index contributed by atoms with van der Waals surface area (Å²) in [4.78, 5) is 67.1. The van der Waals surface area contributed by atoms with Crippen molar-refractivity contribution in [3.8, 4) is 0 Å². The van der Waals surface area contributed by atoms with Gasteiger partial charge < -0.3 is 42.1 Å². The van der Waals surface area contributed by atoms with Crippen molar-refractivity contribution < 1.29 is 29.4 Å². The van der Waals surface area contributed by atoms with E-state index in [0.717, 1.165) is 11.3 Å². The summed E-state index contributed by atoms with van der Waals surface area (Å²) in [6.45, 7) is 0.537. The molecule has 2 aromatic rings. The summed E-state index contributed by atoms with van der Waals surface area (Å²) in [5.74, 6) is -4.48. The van der Waals surface area contributed by atoms with Gasteiger partial charge in [0.1, 0.15) is 18.6 Å². The van der Waals surface area contributed by atoms with Gasteiger partial charge in [-0.2, -0.15) is 0 Å². The zero-order valence-electron chi connectivity index (χ0n) is 24.0. The van der Waals surface area contributed by atoms with Crippen molar-refractivity contribution in [1.29, 1.82) is 0 Å². The van der Waals surface area contributed by atoms with E-state index in [-0.39, 0.29) is 48.6 Å². The number of aliphatic hydroxyl groups is 2. The van der Waals surface area contributed by atoms with Gasteiger partial charge in [0.15, 0.2) is 17.6 Å². The van der Waals surface area contributed by atoms with Gasteiger partial charge in [0, 0.05) is 25.3 Å². The molecule has 0 radical (unpaired) electrons. The number of anilines is 1. The fourth-order valence-corrected chi connectivity index (χ4v) is 6.75. The number of nitrogens with one attached hydrogen (secondary N) is 2. The van der Waals surface area contributed by atoms with Crippen LogP contribution in [0.5, 0.6) is 0 Å². The van der Waals surface area contributed by atoms with Crippen molar-refractivity contribution in [1.82, 2.24) is 25.3 Å². The maximum absolute atomic E-state index is 13.6. The summed E-state index contributed by atoms with van der Waals surface area (Å²) in [6, 6.07) is 11.0. The maximum Gasteiger partial charge on any atom is 0.331 e. The molecule has 45 heavy (non-hydrogen) atoms. The highest BCUT2D eigenvalue weighted by molar-refractivity contribution is 6.12. The van der Waals surface area contributed by atoms with Crippen LogP contribution in [0.25, 0.3) is 0 Å². The summed E-state index contributed by atoms with van der Waals surface area (Å²) in [7, 11) is 0. The van der Waals surface area contributed by atoms with E-state index in [1.807, 2.05) is 0 Å². The number of imide groups is 1. The van der Waals surface area contributed by atoms with E-state index < -0.39 is 47.4 Å². The molecule has 5 aliphatic heterocycles. The molecule has 0 bridgehead atoms. The first-order valence-electron chi connectivity index (χ1n) is 14.6. The Balaban J connectivity index is 1.15. The molecule has 0 saturated carbocycles. The molecule has 1 spiro atoms. The summed E-state index contributed by atoms with van der Waals surface area (Å²) in [5.41, 5.74) is 11.4. The standard InChI is InChI=1S/C29H32N10O6/c30-25-34-22-19(13-38-21(40)15-37(27(38)43)16-7-2-1-3-8-16)32-26(31)39-14-20(29(44,45)28(22,39)35-25)33-23(41)17-9-4-5-10-18(17)24(42)36-11-6-12-36/h1-5,7-10,19-20,22,44-45H,6,11-15H2,(H2,31,32)(H,33,41)(H3,30,34,35)/t19-,20?,22-,28?/m0/s1. The first-order chi connectivity index (χ1) is 21.5. The first-order valence-corrected chi connectivity index (χ1v) is 14.6. The maximum atomic E-state index is 13.6. The zero-order chi connectivity index (χ0) is 31.7. The summed E-state index contributed by atoms with van der Waals surface area (Å²) in [6.07, 6.45) is 0.881. The Labute approximate surface area is 257 Å². The lowest BCUT2D eigenvalue weighted by atomic mass is 9.84. The molecule has 16 nitrogen and oxygen atoms in total.